The number of pyridine rings is 2. The largest absolute Gasteiger partial charge is 0.416 e. The summed E-state index contributed by atoms with van der Waals surface area (Å²) in [5.41, 5.74) is 0.326. The fourth-order valence-electron chi connectivity index (χ4n) is 4.94. The number of rotatable bonds is 6. The first-order valence-corrected chi connectivity index (χ1v) is 13.0. The molecule has 0 spiro atoms. The molecule has 1 unspecified atom stereocenters. The lowest BCUT2D eigenvalue weighted by atomic mass is 9.83. The smallest absolute Gasteiger partial charge is 0.374 e. The van der Waals surface area contributed by atoms with Gasteiger partial charge >= 0.3 is 12.4 Å². The number of halogens is 7. The van der Waals surface area contributed by atoms with Gasteiger partial charge < -0.3 is 9.67 Å². The third kappa shape index (κ3) is 5.71. The van der Waals surface area contributed by atoms with Gasteiger partial charge in [-0.2, -0.15) is 26.3 Å². The molecule has 5 nitrogen and oxygen atoms in total. The van der Waals surface area contributed by atoms with Crippen LogP contribution in [-0.4, -0.2) is 30.8 Å². The molecule has 1 N–H and O–H groups in total. The molecule has 0 aliphatic heterocycles. The molecular weight excluding hydrogens is 582 g/mol. The van der Waals surface area contributed by atoms with Crippen molar-refractivity contribution in [1.82, 2.24) is 19.5 Å². The summed E-state index contributed by atoms with van der Waals surface area (Å²) in [6.45, 7) is 1.75. The summed E-state index contributed by atoms with van der Waals surface area (Å²) < 4.78 is 79.3. The minimum Gasteiger partial charge on any atom is -0.374 e. The number of aryl methyl sites for hydroxylation is 2. The van der Waals surface area contributed by atoms with Crippen LogP contribution in [-0.2, 0) is 31.7 Å². The topological polar surface area (TPSA) is 63.8 Å². The zero-order chi connectivity index (χ0) is 30.4. The number of nitrogens with zero attached hydrogens (tertiary/aromatic N) is 4. The SMILES string of the molecule is Cc1nc2ccc(C(O)(c3ccc(CC(F)(F)F)nc3)c3cncn3C)cc2c(Cl)c1Cc1ccc(C(F)(F)F)cc1. The van der Waals surface area contributed by atoms with Crippen LogP contribution >= 0.6 is 11.6 Å². The molecule has 0 aliphatic carbocycles. The van der Waals surface area contributed by atoms with E-state index in [9.17, 15) is 31.4 Å². The van der Waals surface area contributed by atoms with Crippen LogP contribution in [0.5, 0.6) is 0 Å². The third-order valence-corrected chi connectivity index (χ3v) is 7.55. The van der Waals surface area contributed by atoms with Crippen LogP contribution in [0.4, 0.5) is 26.3 Å². The minimum atomic E-state index is -4.45. The normalized spacial score (nSPS) is 13.9. The Bertz CT molecular complexity index is 1750. The third-order valence-electron chi connectivity index (χ3n) is 7.11. The van der Waals surface area contributed by atoms with Gasteiger partial charge in [0.2, 0.25) is 0 Å². The standard InChI is InChI=1S/C30H23ClF6N4O/c1-17-23(11-18-3-5-19(6-4-18)30(35,36)37)27(31)24-12-20(8-10-25(24)40-17)29(42,26-15-38-16-41(26)2)21-7-9-22(39-14-21)13-28(32,33)34/h3-10,12,14-16,42H,11,13H2,1-2H3. The average Bonchev–Trinajstić information content (AvgIpc) is 3.36. The van der Waals surface area contributed by atoms with Gasteiger partial charge in [0.05, 0.1) is 40.7 Å². The van der Waals surface area contributed by atoms with E-state index in [-0.39, 0.29) is 17.7 Å². The monoisotopic (exact) mass is 604 g/mol. The number of imidazole rings is 1. The molecule has 5 aromatic rings. The van der Waals surface area contributed by atoms with Gasteiger partial charge in [-0.1, -0.05) is 35.9 Å². The van der Waals surface area contributed by atoms with Gasteiger partial charge in [-0.05, 0) is 53.9 Å². The maximum absolute atomic E-state index is 13.0. The Hall–Kier alpha value is -3.96. The average molecular weight is 605 g/mol. The Labute approximate surface area is 241 Å². The number of aliphatic hydroxyl groups is 1. The number of fused-ring (bicyclic) bond motifs is 1. The molecule has 0 saturated carbocycles. The number of hydrogen-bond acceptors (Lipinski definition) is 4. The van der Waals surface area contributed by atoms with E-state index in [1.54, 1.807) is 36.7 Å². The molecule has 0 radical (unpaired) electrons. The van der Waals surface area contributed by atoms with Crippen LogP contribution in [0.3, 0.4) is 0 Å². The summed E-state index contributed by atoms with van der Waals surface area (Å²) in [5.74, 6) is 0. The van der Waals surface area contributed by atoms with Gasteiger partial charge in [0.25, 0.3) is 0 Å². The predicted molar refractivity (Wildman–Crippen MR) is 145 cm³/mol. The van der Waals surface area contributed by atoms with Crippen molar-refractivity contribution in [2.75, 3.05) is 0 Å². The van der Waals surface area contributed by atoms with Crippen LogP contribution in [0.2, 0.25) is 5.02 Å². The molecule has 3 aromatic heterocycles. The summed E-state index contributed by atoms with van der Waals surface area (Å²) in [5, 5.41) is 13.0. The van der Waals surface area contributed by atoms with Crippen molar-refractivity contribution in [3.63, 3.8) is 0 Å². The quantitative estimate of drug-likeness (QED) is 0.206. The maximum Gasteiger partial charge on any atom is 0.416 e. The van der Waals surface area contributed by atoms with Gasteiger partial charge in [-0.3, -0.25) is 9.97 Å². The lowest BCUT2D eigenvalue weighted by Crippen LogP contribution is -2.31. The lowest BCUT2D eigenvalue weighted by Gasteiger charge is -2.30. The predicted octanol–water partition coefficient (Wildman–Crippen LogP) is 7.32. The second-order valence-electron chi connectivity index (χ2n) is 10.0. The Morgan fingerprint density at radius 2 is 1.55 bits per heavy atom. The lowest BCUT2D eigenvalue weighted by molar-refractivity contribution is -0.137. The second-order valence-corrected chi connectivity index (χ2v) is 10.4. The summed E-state index contributed by atoms with van der Waals surface area (Å²) in [7, 11) is 1.67. The van der Waals surface area contributed by atoms with Crippen molar-refractivity contribution >= 4 is 22.5 Å². The highest BCUT2D eigenvalue weighted by Gasteiger charge is 2.38. The maximum atomic E-state index is 13.0. The minimum absolute atomic E-state index is 0.201. The fourth-order valence-corrected chi connectivity index (χ4v) is 5.30. The Morgan fingerprint density at radius 1 is 0.881 bits per heavy atom. The van der Waals surface area contributed by atoms with Crippen molar-refractivity contribution in [2.24, 2.45) is 7.05 Å². The molecule has 3 heterocycles. The van der Waals surface area contributed by atoms with Crippen molar-refractivity contribution in [3.8, 4) is 0 Å². The van der Waals surface area contributed by atoms with E-state index in [1.807, 2.05) is 0 Å². The molecule has 5 rings (SSSR count). The van der Waals surface area contributed by atoms with Crippen LogP contribution in [0.1, 0.15) is 44.9 Å². The van der Waals surface area contributed by atoms with E-state index in [4.69, 9.17) is 11.6 Å². The first-order valence-electron chi connectivity index (χ1n) is 12.6. The van der Waals surface area contributed by atoms with Crippen molar-refractivity contribution in [1.29, 1.82) is 0 Å². The van der Waals surface area contributed by atoms with E-state index in [1.165, 1.54) is 43.0 Å². The van der Waals surface area contributed by atoms with Crippen molar-refractivity contribution < 1.29 is 31.4 Å². The van der Waals surface area contributed by atoms with Gasteiger partial charge in [-0.25, -0.2) is 4.98 Å². The molecule has 0 amide bonds. The molecule has 1 atom stereocenters. The summed E-state index contributed by atoms with van der Waals surface area (Å²) >= 11 is 6.87. The Kier molecular flexibility index (Phi) is 7.53. The van der Waals surface area contributed by atoms with Crippen LogP contribution in [0.15, 0.2) is 73.3 Å². The highest BCUT2D eigenvalue weighted by atomic mass is 35.5. The van der Waals surface area contributed by atoms with Gasteiger partial charge in [0.1, 0.15) is 0 Å². The molecule has 0 saturated heterocycles. The van der Waals surface area contributed by atoms with Crippen molar-refractivity contribution in [2.45, 2.75) is 37.7 Å². The van der Waals surface area contributed by atoms with E-state index >= 15 is 0 Å². The molecule has 12 heteroatoms. The Balaban J connectivity index is 1.60. The zero-order valence-electron chi connectivity index (χ0n) is 22.2. The van der Waals surface area contributed by atoms with E-state index in [2.05, 4.69) is 15.0 Å². The summed E-state index contributed by atoms with van der Waals surface area (Å²) in [6, 6.07) is 12.3. The fraction of sp³-hybridized carbons (Fsp3) is 0.233. The molecule has 2 aromatic carbocycles. The number of aromatic nitrogens is 4. The first-order chi connectivity index (χ1) is 19.7. The van der Waals surface area contributed by atoms with E-state index in [0.717, 1.165) is 12.1 Å². The highest BCUT2D eigenvalue weighted by molar-refractivity contribution is 6.36. The molecule has 0 bridgehead atoms. The van der Waals surface area contributed by atoms with E-state index in [0.29, 0.717) is 44.0 Å². The first kappa shape index (κ1) is 29.5. The van der Waals surface area contributed by atoms with Crippen LogP contribution < -0.4 is 0 Å². The number of alkyl halides is 6. The molecule has 0 fully saturated rings. The second kappa shape index (κ2) is 10.7. The summed E-state index contributed by atoms with van der Waals surface area (Å²) in [6.07, 6.45) is -5.77. The highest BCUT2D eigenvalue weighted by Crippen LogP contribution is 2.40. The van der Waals surface area contributed by atoms with Gasteiger partial charge in [0.15, 0.2) is 5.60 Å². The zero-order valence-corrected chi connectivity index (χ0v) is 23.0. The van der Waals surface area contributed by atoms with Crippen molar-refractivity contribution in [3.05, 3.63) is 123 Å². The number of hydrogen-bond donors (Lipinski definition) is 1. The molecule has 42 heavy (non-hydrogen) atoms. The Morgan fingerprint density at radius 3 is 2.12 bits per heavy atom. The molecular formula is C30H23ClF6N4O. The number of benzene rings is 2. The van der Waals surface area contributed by atoms with Crippen LogP contribution in [0, 0.1) is 6.92 Å². The van der Waals surface area contributed by atoms with Gasteiger partial charge in [0, 0.05) is 42.0 Å². The molecule has 218 valence electrons. The molecule has 0 aliphatic rings. The van der Waals surface area contributed by atoms with Gasteiger partial charge in [-0.15, -0.1) is 0 Å². The van der Waals surface area contributed by atoms with E-state index < -0.39 is 29.9 Å². The van der Waals surface area contributed by atoms with Crippen LogP contribution in [0.25, 0.3) is 10.9 Å². The summed E-state index contributed by atoms with van der Waals surface area (Å²) in [4.78, 5) is 12.7.